The van der Waals surface area contributed by atoms with Crippen LogP contribution >= 0.6 is 0 Å². The zero-order valence-corrected chi connectivity index (χ0v) is 10.4. The molecular formula is C13H15N3O2. The van der Waals surface area contributed by atoms with Crippen molar-refractivity contribution in [2.75, 3.05) is 12.2 Å². The Morgan fingerprint density at radius 3 is 2.61 bits per heavy atom. The lowest BCUT2D eigenvalue weighted by atomic mass is 10.3. The Morgan fingerprint density at radius 2 is 1.94 bits per heavy atom. The summed E-state index contributed by atoms with van der Waals surface area (Å²) < 4.78 is 5.03. The molecule has 1 heterocycles. The standard InChI is InChI=1S/C13H15N3O2/c1-10-8-11(9-18-2)15-13(14-10)16(17)12-6-4-3-5-7-12/h3-8,17H,9H2,1-2H3. The Kier molecular flexibility index (Phi) is 3.86. The van der Waals surface area contributed by atoms with Crippen LogP contribution in [0.5, 0.6) is 0 Å². The summed E-state index contributed by atoms with van der Waals surface area (Å²) in [4.78, 5) is 8.44. The Labute approximate surface area is 106 Å². The summed E-state index contributed by atoms with van der Waals surface area (Å²) in [6, 6.07) is 10.9. The monoisotopic (exact) mass is 245 g/mol. The maximum absolute atomic E-state index is 10.1. The predicted octanol–water partition coefficient (Wildman–Crippen LogP) is 2.46. The van der Waals surface area contributed by atoms with Gasteiger partial charge in [0.1, 0.15) is 0 Å². The number of ether oxygens (including phenoxy) is 1. The molecule has 0 radical (unpaired) electrons. The molecule has 0 amide bonds. The van der Waals surface area contributed by atoms with E-state index in [2.05, 4.69) is 9.97 Å². The highest BCUT2D eigenvalue weighted by Gasteiger charge is 2.10. The van der Waals surface area contributed by atoms with Crippen LogP contribution in [0.3, 0.4) is 0 Å². The lowest BCUT2D eigenvalue weighted by Gasteiger charge is -2.15. The lowest BCUT2D eigenvalue weighted by molar-refractivity contribution is 0.181. The van der Waals surface area contributed by atoms with Crippen molar-refractivity contribution in [2.45, 2.75) is 13.5 Å². The van der Waals surface area contributed by atoms with Crippen molar-refractivity contribution in [2.24, 2.45) is 0 Å². The van der Waals surface area contributed by atoms with E-state index in [9.17, 15) is 5.21 Å². The first-order valence-electron chi connectivity index (χ1n) is 5.58. The Morgan fingerprint density at radius 1 is 1.22 bits per heavy atom. The number of hydrogen-bond donors (Lipinski definition) is 1. The molecule has 2 rings (SSSR count). The molecule has 1 aromatic carbocycles. The largest absolute Gasteiger partial charge is 0.378 e. The molecular weight excluding hydrogens is 230 g/mol. The molecule has 18 heavy (non-hydrogen) atoms. The summed E-state index contributed by atoms with van der Waals surface area (Å²) >= 11 is 0. The summed E-state index contributed by atoms with van der Waals surface area (Å²) in [5, 5.41) is 11.0. The van der Waals surface area contributed by atoms with Gasteiger partial charge in [-0.2, -0.15) is 5.06 Å². The molecule has 0 bridgehead atoms. The van der Waals surface area contributed by atoms with Gasteiger partial charge >= 0.3 is 0 Å². The first-order chi connectivity index (χ1) is 8.70. The normalized spacial score (nSPS) is 10.4. The summed E-state index contributed by atoms with van der Waals surface area (Å²) in [7, 11) is 1.60. The quantitative estimate of drug-likeness (QED) is 0.838. The van der Waals surface area contributed by atoms with E-state index < -0.39 is 0 Å². The predicted molar refractivity (Wildman–Crippen MR) is 67.8 cm³/mol. The summed E-state index contributed by atoms with van der Waals surface area (Å²) in [5.41, 5.74) is 2.13. The first-order valence-corrected chi connectivity index (χ1v) is 5.58. The van der Waals surface area contributed by atoms with Gasteiger partial charge in [0, 0.05) is 12.8 Å². The summed E-state index contributed by atoms with van der Waals surface area (Å²) in [6.45, 7) is 2.24. The highest BCUT2D eigenvalue weighted by atomic mass is 16.5. The smallest absolute Gasteiger partial charge is 0.255 e. The number of para-hydroxylation sites is 1. The number of hydrogen-bond acceptors (Lipinski definition) is 5. The molecule has 0 aliphatic heterocycles. The van der Waals surface area contributed by atoms with Gasteiger partial charge in [0.2, 0.25) is 0 Å². The van der Waals surface area contributed by atoms with Gasteiger partial charge in [-0.05, 0) is 25.1 Å². The average Bonchev–Trinajstić information content (AvgIpc) is 2.38. The van der Waals surface area contributed by atoms with Crippen molar-refractivity contribution in [3.05, 3.63) is 47.8 Å². The van der Waals surface area contributed by atoms with Crippen LogP contribution in [0.25, 0.3) is 0 Å². The molecule has 1 aromatic heterocycles. The van der Waals surface area contributed by atoms with Gasteiger partial charge in [-0.15, -0.1) is 0 Å². The molecule has 0 saturated heterocycles. The van der Waals surface area contributed by atoms with Gasteiger partial charge in [0.25, 0.3) is 5.95 Å². The van der Waals surface area contributed by atoms with Crippen LogP contribution in [0.15, 0.2) is 36.4 Å². The third-order valence-corrected chi connectivity index (χ3v) is 2.38. The van der Waals surface area contributed by atoms with E-state index in [0.717, 1.165) is 16.5 Å². The fraction of sp³-hybridized carbons (Fsp3) is 0.231. The van der Waals surface area contributed by atoms with Crippen molar-refractivity contribution in [1.82, 2.24) is 9.97 Å². The van der Waals surface area contributed by atoms with E-state index in [0.29, 0.717) is 12.3 Å². The van der Waals surface area contributed by atoms with E-state index in [1.54, 1.807) is 19.2 Å². The molecule has 0 aliphatic rings. The molecule has 1 N–H and O–H groups in total. The van der Waals surface area contributed by atoms with Crippen LogP contribution in [0.1, 0.15) is 11.4 Å². The van der Waals surface area contributed by atoms with E-state index >= 15 is 0 Å². The number of methoxy groups -OCH3 is 1. The number of rotatable bonds is 4. The van der Waals surface area contributed by atoms with Crippen molar-refractivity contribution >= 4 is 11.6 Å². The molecule has 0 saturated carbocycles. The van der Waals surface area contributed by atoms with Gasteiger partial charge < -0.3 is 4.74 Å². The molecule has 5 nitrogen and oxygen atoms in total. The minimum absolute atomic E-state index is 0.244. The van der Waals surface area contributed by atoms with Crippen molar-refractivity contribution in [3.63, 3.8) is 0 Å². The second kappa shape index (κ2) is 5.57. The fourth-order valence-corrected chi connectivity index (χ4v) is 1.62. The van der Waals surface area contributed by atoms with E-state index in [4.69, 9.17) is 4.74 Å². The Balaban J connectivity index is 2.33. The van der Waals surface area contributed by atoms with Gasteiger partial charge in [-0.1, -0.05) is 18.2 Å². The number of aryl methyl sites for hydroxylation is 1. The van der Waals surface area contributed by atoms with Crippen LogP contribution < -0.4 is 5.06 Å². The van der Waals surface area contributed by atoms with Gasteiger partial charge in [-0.3, -0.25) is 5.21 Å². The Hall–Kier alpha value is -1.98. The molecule has 0 atom stereocenters. The number of nitrogens with zero attached hydrogens (tertiary/aromatic N) is 3. The molecule has 0 fully saturated rings. The first kappa shape index (κ1) is 12.5. The van der Waals surface area contributed by atoms with Crippen LogP contribution in [-0.2, 0) is 11.3 Å². The second-order valence-electron chi connectivity index (χ2n) is 3.88. The zero-order chi connectivity index (χ0) is 13.0. The van der Waals surface area contributed by atoms with Crippen molar-refractivity contribution < 1.29 is 9.94 Å². The van der Waals surface area contributed by atoms with Crippen LogP contribution in [0, 0.1) is 6.92 Å². The zero-order valence-electron chi connectivity index (χ0n) is 10.4. The minimum Gasteiger partial charge on any atom is -0.378 e. The molecule has 2 aromatic rings. The number of aromatic nitrogens is 2. The Bertz CT molecular complexity index is 517. The van der Waals surface area contributed by atoms with Crippen molar-refractivity contribution in [1.29, 1.82) is 0 Å². The third kappa shape index (κ3) is 2.82. The maximum atomic E-state index is 10.1. The van der Waals surface area contributed by atoms with Crippen LogP contribution in [-0.4, -0.2) is 22.3 Å². The van der Waals surface area contributed by atoms with Crippen LogP contribution in [0.2, 0.25) is 0 Å². The molecule has 0 unspecified atom stereocenters. The molecule has 5 heteroatoms. The second-order valence-corrected chi connectivity index (χ2v) is 3.88. The fourth-order valence-electron chi connectivity index (χ4n) is 1.62. The van der Waals surface area contributed by atoms with Gasteiger partial charge in [-0.25, -0.2) is 9.97 Å². The molecule has 94 valence electrons. The summed E-state index contributed by atoms with van der Waals surface area (Å²) in [6.07, 6.45) is 0. The van der Waals surface area contributed by atoms with Gasteiger partial charge in [0.05, 0.1) is 18.0 Å². The SMILES string of the molecule is COCc1cc(C)nc(N(O)c2ccccc2)n1. The summed E-state index contributed by atoms with van der Waals surface area (Å²) in [5.74, 6) is 0.244. The number of anilines is 2. The molecule has 0 spiro atoms. The number of benzene rings is 1. The van der Waals surface area contributed by atoms with E-state index in [-0.39, 0.29) is 5.95 Å². The topological polar surface area (TPSA) is 58.5 Å². The van der Waals surface area contributed by atoms with Crippen LogP contribution in [0.4, 0.5) is 11.6 Å². The highest BCUT2D eigenvalue weighted by molar-refractivity contribution is 5.53. The lowest BCUT2D eigenvalue weighted by Crippen LogP contribution is -2.15. The molecule has 0 aliphatic carbocycles. The van der Waals surface area contributed by atoms with Gasteiger partial charge in [0.15, 0.2) is 0 Å². The highest BCUT2D eigenvalue weighted by Crippen LogP contribution is 2.19. The van der Waals surface area contributed by atoms with E-state index in [1.807, 2.05) is 31.2 Å². The minimum atomic E-state index is 0.244. The van der Waals surface area contributed by atoms with E-state index in [1.165, 1.54) is 0 Å². The van der Waals surface area contributed by atoms with Crippen molar-refractivity contribution in [3.8, 4) is 0 Å². The maximum Gasteiger partial charge on any atom is 0.255 e. The average molecular weight is 245 g/mol. The third-order valence-electron chi connectivity index (χ3n) is 2.38.